The van der Waals surface area contributed by atoms with E-state index in [0.29, 0.717) is 6.42 Å². The Hall–Kier alpha value is 0.550. The van der Waals surface area contributed by atoms with Crippen molar-refractivity contribution in [3.63, 3.8) is 0 Å². The van der Waals surface area contributed by atoms with Crippen LogP contribution in [0.3, 0.4) is 0 Å². The molecule has 0 aromatic heterocycles. The minimum absolute atomic E-state index is 0.0132. The van der Waals surface area contributed by atoms with Crippen LogP contribution in [0.1, 0.15) is 12.8 Å². The summed E-state index contributed by atoms with van der Waals surface area (Å²) in [6.07, 6.45) is 0.539. The molecule has 1 rings (SSSR count). The highest BCUT2D eigenvalue weighted by Crippen LogP contribution is 2.28. The van der Waals surface area contributed by atoms with Gasteiger partial charge in [0.05, 0.1) is 6.10 Å². The normalized spacial score (nSPS) is 32.1. The Kier molecular flexibility index (Phi) is 2.85. The van der Waals surface area contributed by atoms with E-state index in [1.165, 1.54) is 0 Å². The van der Waals surface area contributed by atoms with Gasteiger partial charge in [-0.1, -0.05) is 22.6 Å². The van der Waals surface area contributed by atoms with Crippen LogP contribution >= 0.6 is 22.6 Å². The van der Waals surface area contributed by atoms with Crippen LogP contribution < -0.4 is 0 Å². The monoisotopic (exact) mass is 262 g/mol. The molecule has 60 valence electrons. The van der Waals surface area contributed by atoms with E-state index in [4.69, 9.17) is 4.74 Å². The summed E-state index contributed by atoms with van der Waals surface area (Å²) in [5.41, 5.74) is 0. The summed E-state index contributed by atoms with van der Waals surface area (Å²) in [5.74, 6) is -2.57. The summed E-state index contributed by atoms with van der Waals surface area (Å²) in [7, 11) is 0. The van der Waals surface area contributed by atoms with Crippen molar-refractivity contribution in [1.82, 2.24) is 0 Å². The maximum absolute atomic E-state index is 12.4. The van der Waals surface area contributed by atoms with Gasteiger partial charge in [0.1, 0.15) is 6.61 Å². The van der Waals surface area contributed by atoms with E-state index in [2.05, 4.69) is 22.6 Å². The van der Waals surface area contributed by atoms with Crippen LogP contribution in [0.4, 0.5) is 8.78 Å². The van der Waals surface area contributed by atoms with Crippen LogP contribution in [-0.4, -0.2) is 23.1 Å². The Morgan fingerprint density at radius 3 is 2.70 bits per heavy atom. The summed E-state index contributed by atoms with van der Waals surface area (Å²) in [6, 6.07) is 0. The lowest BCUT2D eigenvalue weighted by Gasteiger charge is -2.27. The second-order valence-corrected chi connectivity index (χ2v) is 3.36. The summed E-state index contributed by atoms with van der Waals surface area (Å²) in [6.45, 7) is -0.388. The van der Waals surface area contributed by atoms with Crippen molar-refractivity contribution in [2.45, 2.75) is 24.9 Å². The number of hydrogen-bond acceptors (Lipinski definition) is 1. The van der Waals surface area contributed by atoms with Gasteiger partial charge in [-0.05, 0) is 6.42 Å². The highest BCUT2D eigenvalue weighted by atomic mass is 127. The van der Waals surface area contributed by atoms with E-state index in [-0.39, 0.29) is 19.1 Å². The number of ether oxygens (including phenoxy) is 1. The average Bonchev–Trinajstić information content (AvgIpc) is 1.88. The molecule has 0 aromatic carbocycles. The Morgan fingerprint density at radius 1 is 1.60 bits per heavy atom. The zero-order valence-electron chi connectivity index (χ0n) is 5.45. The molecule has 0 N–H and O–H groups in total. The van der Waals surface area contributed by atoms with Gasteiger partial charge in [-0.25, -0.2) is 8.78 Å². The summed E-state index contributed by atoms with van der Waals surface area (Å²) >= 11 is 2.15. The molecule has 1 unspecified atom stereocenters. The number of rotatable bonds is 1. The van der Waals surface area contributed by atoms with Gasteiger partial charge in [-0.2, -0.15) is 0 Å². The first kappa shape index (κ1) is 8.64. The first-order valence-corrected chi connectivity index (χ1v) is 4.72. The Bertz CT molecular complexity index is 108. The van der Waals surface area contributed by atoms with E-state index in [1.807, 2.05) is 0 Å². The predicted molar refractivity (Wildman–Crippen MR) is 42.8 cm³/mol. The molecule has 0 aromatic rings. The molecule has 0 saturated carbocycles. The lowest BCUT2D eigenvalue weighted by molar-refractivity contribution is -0.137. The van der Waals surface area contributed by atoms with Crippen molar-refractivity contribution >= 4 is 22.6 Å². The van der Waals surface area contributed by atoms with Gasteiger partial charge in [0, 0.05) is 10.8 Å². The third-order valence-electron chi connectivity index (χ3n) is 1.53. The van der Waals surface area contributed by atoms with Crippen LogP contribution in [0, 0.1) is 0 Å². The second kappa shape index (κ2) is 3.30. The molecule has 0 bridgehead atoms. The highest BCUT2D eigenvalue weighted by molar-refractivity contribution is 14.1. The fraction of sp³-hybridized carbons (Fsp3) is 1.00. The van der Waals surface area contributed by atoms with Gasteiger partial charge in [0.25, 0.3) is 5.92 Å². The SMILES string of the molecule is FC1(F)CCC(CI)OC1. The minimum atomic E-state index is -2.57. The fourth-order valence-electron chi connectivity index (χ4n) is 0.889. The molecular formula is C6H9F2IO. The maximum Gasteiger partial charge on any atom is 0.271 e. The van der Waals surface area contributed by atoms with Gasteiger partial charge in [0.15, 0.2) is 0 Å². The third-order valence-corrected chi connectivity index (χ3v) is 2.52. The lowest BCUT2D eigenvalue weighted by Crippen LogP contribution is -2.35. The molecule has 0 amide bonds. The molecule has 4 heteroatoms. The van der Waals surface area contributed by atoms with Crippen LogP contribution in [-0.2, 0) is 4.74 Å². The number of hydrogen-bond donors (Lipinski definition) is 0. The molecule has 0 aliphatic carbocycles. The van der Waals surface area contributed by atoms with Crippen molar-refractivity contribution in [1.29, 1.82) is 0 Å². The first-order chi connectivity index (χ1) is 4.64. The first-order valence-electron chi connectivity index (χ1n) is 3.19. The van der Waals surface area contributed by atoms with Crippen molar-refractivity contribution in [2.75, 3.05) is 11.0 Å². The Balaban J connectivity index is 2.31. The number of halogens is 3. The fourth-order valence-corrected chi connectivity index (χ4v) is 1.58. The van der Waals surface area contributed by atoms with Gasteiger partial charge in [-0.15, -0.1) is 0 Å². The van der Waals surface area contributed by atoms with Crippen molar-refractivity contribution in [2.24, 2.45) is 0 Å². The van der Waals surface area contributed by atoms with Crippen molar-refractivity contribution < 1.29 is 13.5 Å². The highest BCUT2D eigenvalue weighted by Gasteiger charge is 2.35. The van der Waals surface area contributed by atoms with Gasteiger partial charge in [-0.3, -0.25) is 0 Å². The van der Waals surface area contributed by atoms with Gasteiger partial charge < -0.3 is 4.74 Å². The molecule has 1 heterocycles. The molecule has 1 aliphatic heterocycles. The third kappa shape index (κ3) is 2.30. The van der Waals surface area contributed by atoms with E-state index in [9.17, 15) is 8.78 Å². The van der Waals surface area contributed by atoms with E-state index in [0.717, 1.165) is 4.43 Å². The molecule has 1 nitrogen and oxygen atoms in total. The molecule has 1 atom stereocenters. The average molecular weight is 262 g/mol. The summed E-state index contributed by atoms with van der Waals surface area (Å²) in [5, 5.41) is 0. The lowest BCUT2D eigenvalue weighted by atomic mass is 10.1. The number of alkyl halides is 3. The van der Waals surface area contributed by atoms with Crippen LogP contribution in [0.15, 0.2) is 0 Å². The van der Waals surface area contributed by atoms with Gasteiger partial charge >= 0.3 is 0 Å². The summed E-state index contributed by atoms with van der Waals surface area (Å²) in [4.78, 5) is 0. The molecule has 0 spiro atoms. The maximum atomic E-state index is 12.4. The predicted octanol–water partition coefficient (Wildman–Crippen LogP) is 2.24. The standard InChI is InChI=1S/C6H9F2IO/c7-6(8)2-1-5(3-9)10-4-6/h5H,1-4H2. The van der Waals surface area contributed by atoms with Crippen LogP contribution in [0.25, 0.3) is 0 Å². The molecule has 1 aliphatic rings. The molecule has 10 heavy (non-hydrogen) atoms. The smallest absolute Gasteiger partial charge is 0.271 e. The Morgan fingerprint density at radius 2 is 2.30 bits per heavy atom. The zero-order valence-corrected chi connectivity index (χ0v) is 7.61. The van der Waals surface area contributed by atoms with Crippen LogP contribution in [0.2, 0.25) is 0 Å². The van der Waals surface area contributed by atoms with E-state index in [1.54, 1.807) is 0 Å². The van der Waals surface area contributed by atoms with E-state index < -0.39 is 5.92 Å². The van der Waals surface area contributed by atoms with Crippen molar-refractivity contribution in [3.8, 4) is 0 Å². The second-order valence-electron chi connectivity index (χ2n) is 2.48. The van der Waals surface area contributed by atoms with Crippen LogP contribution in [0.5, 0.6) is 0 Å². The minimum Gasteiger partial charge on any atom is -0.371 e. The zero-order chi connectivity index (χ0) is 7.61. The van der Waals surface area contributed by atoms with Crippen molar-refractivity contribution in [3.05, 3.63) is 0 Å². The largest absolute Gasteiger partial charge is 0.371 e. The quantitative estimate of drug-likeness (QED) is 0.520. The summed E-state index contributed by atoms with van der Waals surface area (Å²) < 4.78 is 30.5. The van der Waals surface area contributed by atoms with E-state index >= 15 is 0 Å². The van der Waals surface area contributed by atoms with Gasteiger partial charge in [0.2, 0.25) is 0 Å². The molecule has 0 radical (unpaired) electrons. The molecule has 1 fully saturated rings. The topological polar surface area (TPSA) is 9.23 Å². The molecular weight excluding hydrogens is 253 g/mol. The Labute approximate surface area is 72.3 Å². The molecule has 1 saturated heterocycles.